The number of ether oxygens (including phenoxy) is 4. The van der Waals surface area contributed by atoms with Gasteiger partial charge in [0.1, 0.15) is 24.4 Å². The van der Waals surface area contributed by atoms with Crippen LogP contribution in [-0.4, -0.2) is 75.8 Å². The van der Waals surface area contributed by atoms with Crippen molar-refractivity contribution in [1.29, 1.82) is 0 Å². The van der Waals surface area contributed by atoms with Crippen LogP contribution >= 0.6 is 0 Å². The fraction of sp³-hybridized carbons (Fsp3) is 0.667. The van der Waals surface area contributed by atoms with Gasteiger partial charge in [0, 0.05) is 12.7 Å². The fourth-order valence-electron chi connectivity index (χ4n) is 2.80. The van der Waals surface area contributed by atoms with Crippen molar-refractivity contribution in [2.24, 2.45) is 0 Å². The molecule has 7 heteroatoms. The van der Waals surface area contributed by atoms with Crippen LogP contribution in [-0.2, 0) is 18.9 Å². The van der Waals surface area contributed by atoms with Crippen molar-refractivity contribution in [1.82, 2.24) is 0 Å². The predicted molar refractivity (Wildman–Crippen MR) is 94.4 cm³/mol. The van der Waals surface area contributed by atoms with Crippen LogP contribution in [0.25, 0.3) is 0 Å². The van der Waals surface area contributed by atoms with Gasteiger partial charge < -0.3 is 29.2 Å². The summed E-state index contributed by atoms with van der Waals surface area (Å²) in [7, 11) is 1.41. The first-order chi connectivity index (χ1) is 12.1. The van der Waals surface area contributed by atoms with Gasteiger partial charge in [-0.1, -0.05) is 30.3 Å². The van der Waals surface area contributed by atoms with Gasteiger partial charge in [0.2, 0.25) is 0 Å². The molecule has 0 amide bonds. The number of aliphatic hydroxyl groups excluding tert-OH is 2. The second-order valence-electron chi connectivity index (χ2n) is 5.89. The van der Waals surface area contributed by atoms with Gasteiger partial charge in [-0.15, -0.1) is 0 Å². The van der Waals surface area contributed by atoms with E-state index in [-0.39, 0.29) is 27.7 Å². The zero-order valence-electron chi connectivity index (χ0n) is 15.0. The third-order valence-electron chi connectivity index (χ3n) is 4.14. The van der Waals surface area contributed by atoms with Crippen LogP contribution in [0.3, 0.4) is 0 Å². The van der Waals surface area contributed by atoms with E-state index in [2.05, 4.69) is 13.8 Å². The van der Waals surface area contributed by atoms with E-state index in [1.807, 2.05) is 30.3 Å². The maximum absolute atomic E-state index is 10.1. The molecule has 0 bridgehead atoms. The minimum absolute atomic E-state index is 0.218. The number of benzene rings is 1. The topological polar surface area (TPSA) is 77.4 Å². The van der Waals surface area contributed by atoms with Crippen LogP contribution in [0.4, 0.5) is 0 Å². The molecule has 25 heavy (non-hydrogen) atoms. The van der Waals surface area contributed by atoms with E-state index >= 15 is 0 Å². The second kappa shape index (κ2) is 10.8. The van der Waals surface area contributed by atoms with E-state index in [9.17, 15) is 10.2 Å². The van der Waals surface area contributed by atoms with Gasteiger partial charge in [-0.05, 0) is 0 Å². The van der Waals surface area contributed by atoms with Crippen molar-refractivity contribution in [3.8, 4) is 0 Å². The van der Waals surface area contributed by atoms with Crippen molar-refractivity contribution < 1.29 is 29.2 Å². The van der Waals surface area contributed by atoms with E-state index in [1.54, 1.807) is 0 Å². The number of rotatable bonds is 4. The quantitative estimate of drug-likeness (QED) is 0.669. The summed E-state index contributed by atoms with van der Waals surface area (Å²) in [5.74, 6) is 0. The summed E-state index contributed by atoms with van der Waals surface area (Å²) >= 11 is 0.218. The van der Waals surface area contributed by atoms with Crippen LogP contribution in [0.2, 0.25) is 8.87 Å². The summed E-state index contributed by atoms with van der Waals surface area (Å²) in [4.78, 5) is 0. The number of fused-ring (bicyclic) bond motifs is 1. The standard InChI is InChI=1S/C14H18O6.2C2H5.Sn/c1-17-14-11(16)10(15)12-9(19-14)7-18-13(20-12)8-5-3-2-4-6-8;2*1-2;/h2-6,9-16H,7H2,1H3;2*1H2,2H3;. The van der Waals surface area contributed by atoms with Gasteiger partial charge in [0.05, 0.1) is 6.61 Å². The molecule has 140 valence electrons. The molecule has 0 spiro atoms. The summed E-state index contributed by atoms with van der Waals surface area (Å²) in [5, 5.41) is 20.1. The Hall–Kier alpha value is -0.221. The molecule has 2 fully saturated rings. The molecule has 2 radical (unpaired) electrons. The Balaban J connectivity index is 0.000000399. The number of methoxy groups -OCH3 is 1. The van der Waals surface area contributed by atoms with E-state index in [0.717, 1.165) is 5.56 Å². The Bertz CT molecular complexity index is 484. The Morgan fingerprint density at radius 2 is 1.76 bits per heavy atom. The molecule has 2 heterocycles. The van der Waals surface area contributed by atoms with Crippen LogP contribution in [0.15, 0.2) is 30.3 Å². The minimum atomic E-state index is -1.14. The van der Waals surface area contributed by atoms with Gasteiger partial charge in [-0.25, -0.2) is 0 Å². The van der Waals surface area contributed by atoms with Gasteiger partial charge in [-0.2, -0.15) is 0 Å². The molecule has 6 atom stereocenters. The third-order valence-corrected chi connectivity index (χ3v) is 6.99. The monoisotopic (exact) mass is 460 g/mol. The molecule has 2 saturated heterocycles. The molecular weight excluding hydrogens is 431 g/mol. The first kappa shape index (κ1) is 21.1. The summed E-state index contributed by atoms with van der Waals surface area (Å²) in [5.41, 5.74) is 0.863. The molecule has 6 unspecified atom stereocenters. The first-order valence-corrected chi connectivity index (χ1v) is 12.7. The average molecular weight is 459 g/mol. The molecule has 0 saturated carbocycles. The number of aliphatic hydroxyl groups is 2. The Kier molecular flexibility index (Phi) is 9.12. The molecule has 0 aliphatic carbocycles. The molecule has 6 nitrogen and oxygen atoms in total. The zero-order valence-corrected chi connectivity index (χ0v) is 17.9. The van der Waals surface area contributed by atoms with E-state index in [1.165, 1.54) is 16.0 Å². The molecule has 2 aliphatic heterocycles. The third kappa shape index (κ3) is 5.62. The van der Waals surface area contributed by atoms with Gasteiger partial charge in [-0.3, -0.25) is 0 Å². The first-order valence-electron chi connectivity index (χ1n) is 8.69. The van der Waals surface area contributed by atoms with Gasteiger partial charge >= 0.3 is 43.9 Å². The van der Waals surface area contributed by atoms with E-state index in [4.69, 9.17) is 18.9 Å². The summed E-state index contributed by atoms with van der Waals surface area (Å²) < 4.78 is 24.9. The predicted octanol–water partition coefficient (Wildman–Crippen LogP) is 1.76. The fourth-order valence-corrected chi connectivity index (χ4v) is 4.23. The van der Waals surface area contributed by atoms with Crippen molar-refractivity contribution in [3.63, 3.8) is 0 Å². The summed E-state index contributed by atoms with van der Waals surface area (Å²) in [6.45, 7) is 4.85. The number of hydrogen-bond donors (Lipinski definition) is 2. The Labute approximate surface area is 159 Å². The van der Waals surface area contributed by atoms with Crippen molar-refractivity contribution in [2.75, 3.05) is 13.7 Å². The Morgan fingerprint density at radius 1 is 1.08 bits per heavy atom. The van der Waals surface area contributed by atoms with Crippen molar-refractivity contribution in [2.45, 2.75) is 59.7 Å². The maximum atomic E-state index is 10.1. The van der Waals surface area contributed by atoms with E-state index < -0.39 is 37.0 Å². The van der Waals surface area contributed by atoms with Crippen LogP contribution in [0, 0.1) is 0 Å². The van der Waals surface area contributed by atoms with Crippen molar-refractivity contribution in [3.05, 3.63) is 35.9 Å². The summed E-state index contributed by atoms with van der Waals surface area (Å²) in [6, 6.07) is 9.45. The Morgan fingerprint density at radius 3 is 2.32 bits per heavy atom. The van der Waals surface area contributed by atoms with Gasteiger partial charge in [0.25, 0.3) is 0 Å². The SMILES string of the molecule is COC1OC2COC(c3ccccc3)OC2C(O)C1O.C[CH2][Sn][CH2]C. The molecule has 1 aromatic rings. The van der Waals surface area contributed by atoms with Crippen LogP contribution in [0.1, 0.15) is 25.7 Å². The van der Waals surface area contributed by atoms with Crippen LogP contribution < -0.4 is 0 Å². The van der Waals surface area contributed by atoms with E-state index in [0.29, 0.717) is 0 Å². The second-order valence-corrected chi connectivity index (χ2v) is 11.4. The molecule has 2 aliphatic rings. The molecule has 3 rings (SSSR count). The normalized spacial score (nSPS) is 34.6. The molecule has 0 aromatic heterocycles. The summed E-state index contributed by atoms with van der Waals surface area (Å²) in [6.07, 6.45) is -4.76. The zero-order chi connectivity index (χ0) is 18.2. The van der Waals surface area contributed by atoms with Gasteiger partial charge in [0.15, 0.2) is 12.6 Å². The molecule has 1 aromatic carbocycles. The van der Waals surface area contributed by atoms with Crippen molar-refractivity contribution >= 4 is 21.1 Å². The average Bonchev–Trinajstić information content (AvgIpc) is 2.66. The van der Waals surface area contributed by atoms with Crippen LogP contribution in [0.5, 0.6) is 0 Å². The molecular formula is C18H28O6Sn. The molecule has 2 N–H and O–H groups in total. The number of hydrogen-bond acceptors (Lipinski definition) is 6.